The summed E-state index contributed by atoms with van der Waals surface area (Å²) in [6, 6.07) is 0. The highest BCUT2D eigenvalue weighted by molar-refractivity contribution is 5.35. The molecule has 0 radical (unpaired) electrons. The van der Waals surface area contributed by atoms with Crippen molar-refractivity contribution >= 4 is 0 Å². The molecule has 0 atom stereocenters. The molecule has 0 aliphatic heterocycles. The minimum atomic E-state index is 0.655. The van der Waals surface area contributed by atoms with Crippen molar-refractivity contribution in [2.24, 2.45) is 23.2 Å². The second-order valence-electron chi connectivity index (χ2n) is 6.50. The molecule has 0 saturated heterocycles. The van der Waals surface area contributed by atoms with Crippen LogP contribution in [0.3, 0.4) is 0 Å². The normalized spacial score (nSPS) is 51.2. The monoisotopic (exact) mass is 200 g/mol. The summed E-state index contributed by atoms with van der Waals surface area (Å²) in [7, 11) is 0. The Morgan fingerprint density at radius 1 is 0.933 bits per heavy atom. The van der Waals surface area contributed by atoms with E-state index in [2.05, 4.69) is 18.2 Å². The molecule has 5 aliphatic rings. The second kappa shape index (κ2) is 2.78. The minimum absolute atomic E-state index is 0.655. The number of allylic oxidation sites excluding steroid dienone is 4. The van der Waals surface area contributed by atoms with Gasteiger partial charge in [0.1, 0.15) is 0 Å². The zero-order chi connectivity index (χ0) is 9.88. The Kier molecular flexibility index (Phi) is 1.60. The third-order valence-electron chi connectivity index (χ3n) is 5.42. The fourth-order valence-corrected chi connectivity index (χ4v) is 5.32. The second-order valence-corrected chi connectivity index (χ2v) is 6.50. The van der Waals surface area contributed by atoms with Gasteiger partial charge in [0.25, 0.3) is 0 Å². The topological polar surface area (TPSA) is 0 Å². The molecule has 15 heavy (non-hydrogen) atoms. The van der Waals surface area contributed by atoms with Crippen LogP contribution in [-0.4, -0.2) is 0 Å². The third kappa shape index (κ3) is 1.14. The van der Waals surface area contributed by atoms with Gasteiger partial charge in [-0.1, -0.05) is 18.2 Å². The Balaban J connectivity index is 1.74. The highest BCUT2D eigenvalue weighted by Gasteiger charge is 2.51. The van der Waals surface area contributed by atoms with Gasteiger partial charge in [-0.2, -0.15) is 0 Å². The maximum atomic E-state index is 2.51. The fourth-order valence-electron chi connectivity index (χ4n) is 5.32. The van der Waals surface area contributed by atoms with Crippen LogP contribution in [0.2, 0.25) is 0 Å². The van der Waals surface area contributed by atoms with E-state index in [0.29, 0.717) is 5.41 Å². The Bertz CT molecular complexity index is 310. The molecule has 4 fully saturated rings. The SMILES string of the molecule is C1=CC(C23CC4CC(CC(C4)C2)C3)=CC1. The summed E-state index contributed by atoms with van der Waals surface area (Å²) in [5.74, 6) is 3.27. The molecule has 0 aromatic rings. The lowest BCUT2D eigenvalue weighted by Gasteiger charge is -2.57. The Labute approximate surface area is 92.4 Å². The van der Waals surface area contributed by atoms with E-state index in [-0.39, 0.29) is 0 Å². The zero-order valence-corrected chi connectivity index (χ0v) is 9.41. The van der Waals surface area contributed by atoms with Crippen molar-refractivity contribution in [2.75, 3.05) is 0 Å². The molecule has 0 aromatic heterocycles. The van der Waals surface area contributed by atoms with Gasteiger partial charge in [0.15, 0.2) is 0 Å². The van der Waals surface area contributed by atoms with E-state index in [1.54, 1.807) is 24.8 Å². The molecular formula is C15H20. The highest BCUT2D eigenvalue weighted by atomic mass is 14.6. The lowest BCUT2D eigenvalue weighted by Crippen LogP contribution is -2.46. The summed E-state index contributed by atoms with van der Waals surface area (Å²) in [6.07, 6.45) is 17.8. The van der Waals surface area contributed by atoms with Crippen LogP contribution in [-0.2, 0) is 0 Å². The van der Waals surface area contributed by atoms with Gasteiger partial charge in [0.2, 0.25) is 0 Å². The van der Waals surface area contributed by atoms with Crippen LogP contribution >= 0.6 is 0 Å². The van der Waals surface area contributed by atoms with Crippen LogP contribution in [0.25, 0.3) is 0 Å². The molecule has 0 N–H and O–H groups in total. The lowest BCUT2D eigenvalue weighted by atomic mass is 9.48. The van der Waals surface area contributed by atoms with Crippen molar-refractivity contribution in [1.82, 2.24) is 0 Å². The molecule has 0 heteroatoms. The molecule has 5 rings (SSSR count). The van der Waals surface area contributed by atoms with Crippen LogP contribution in [0.4, 0.5) is 0 Å². The van der Waals surface area contributed by atoms with Crippen LogP contribution in [0.5, 0.6) is 0 Å². The molecule has 0 heterocycles. The first kappa shape index (κ1) is 8.61. The minimum Gasteiger partial charge on any atom is -0.0804 e. The largest absolute Gasteiger partial charge is 0.0804 e. The van der Waals surface area contributed by atoms with Gasteiger partial charge in [-0.05, 0) is 73.7 Å². The first-order valence-electron chi connectivity index (χ1n) is 6.71. The fraction of sp³-hybridized carbons (Fsp3) is 0.733. The number of hydrogen-bond acceptors (Lipinski definition) is 0. The van der Waals surface area contributed by atoms with E-state index in [9.17, 15) is 0 Å². The van der Waals surface area contributed by atoms with Gasteiger partial charge >= 0.3 is 0 Å². The summed E-state index contributed by atoms with van der Waals surface area (Å²) in [4.78, 5) is 0. The van der Waals surface area contributed by atoms with Crippen molar-refractivity contribution in [3.8, 4) is 0 Å². The number of hydrogen-bond donors (Lipinski definition) is 0. The molecule has 5 aliphatic carbocycles. The smallest absolute Gasteiger partial charge is 0.00422 e. The van der Waals surface area contributed by atoms with E-state index in [1.807, 2.05) is 0 Å². The van der Waals surface area contributed by atoms with Crippen molar-refractivity contribution < 1.29 is 0 Å². The van der Waals surface area contributed by atoms with E-state index in [1.165, 1.54) is 25.7 Å². The predicted molar refractivity (Wildman–Crippen MR) is 62.4 cm³/mol. The van der Waals surface area contributed by atoms with Crippen molar-refractivity contribution in [3.63, 3.8) is 0 Å². The Morgan fingerprint density at radius 3 is 2.00 bits per heavy atom. The van der Waals surface area contributed by atoms with E-state index < -0.39 is 0 Å². The summed E-state index contributed by atoms with van der Waals surface area (Å²) < 4.78 is 0. The van der Waals surface area contributed by atoms with Crippen LogP contribution in [0.1, 0.15) is 44.9 Å². The Hall–Kier alpha value is -0.520. The molecule has 80 valence electrons. The highest BCUT2D eigenvalue weighted by Crippen LogP contribution is 2.63. The average Bonchev–Trinajstić information content (AvgIpc) is 2.67. The molecule has 0 spiro atoms. The first-order chi connectivity index (χ1) is 7.34. The first-order valence-corrected chi connectivity index (χ1v) is 6.71. The van der Waals surface area contributed by atoms with Gasteiger partial charge in [0.05, 0.1) is 0 Å². The quantitative estimate of drug-likeness (QED) is 0.598. The van der Waals surface area contributed by atoms with Crippen molar-refractivity contribution in [1.29, 1.82) is 0 Å². The summed E-state index contributed by atoms with van der Waals surface area (Å²) in [5, 5.41) is 0. The molecular weight excluding hydrogens is 180 g/mol. The van der Waals surface area contributed by atoms with Crippen molar-refractivity contribution in [2.45, 2.75) is 44.9 Å². The summed E-state index contributed by atoms with van der Waals surface area (Å²) in [5.41, 5.74) is 2.38. The van der Waals surface area contributed by atoms with Gasteiger partial charge in [-0.15, -0.1) is 0 Å². The molecule has 0 amide bonds. The van der Waals surface area contributed by atoms with Crippen molar-refractivity contribution in [3.05, 3.63) is 23.8 Å². The molecule has 0 unspecified atom stereocenters. The summed E-state index contributed by atoms with van der Waals surface area (Å²) in [6.45, 7) is 0. The lowest BCUT2D eigenvalue weighted by molar-refractivity contribution is -0.0284. The van der Waals surface area contributed by atoms with Crippen LogP contribution < -0.4 is 0 Å². The Morgan fingerprint density at radius 2 is 1.53 bits per heavy atom. The average molecular weight is 200 g/mol. The van der Waals surface area contributed by atoms with Gasteiger partial charge < -0.3 is 0 Å². The van der Waals surface area contributed by atoms with E-state index >= 15 is 0 Å². The maximum Gasteiger partial charge on any atom is -0.00422 e. The van der Waals surface area contributed by atoms with E-state index in [0.717, 1.165) is 17.8 Å². The van der Waals surface area contributed by atoms with E-state index in [4.69, 9.17) is 0 Å². The standard InChI is InChI=1S/C15H20/c1-2-4-14(3-1)15-8-11-5-12(9-15)7-13(6-11)10-15/h1,3-4,11-13H,2,5-10H2. The van der Waals surface area contributed by atoms with Crippen LogP contribution in [0, 0.1) is 23.2 Å². The molecule has 0 aromatic carbocycles. The van der Waals surface area contributed by atoms with Crippen LogP contribution in [0.15, 0.2) is 23.8 Å². The van der Waals surface area contributed by atoms with Gasteiger partial charge in [-0.25, -0.2) is 0 Å². The molecule has 4 saturated carbocycles. The predicted octanol–water partition coefficient (Wildman–Crippen LogP) is 4.09. The summed E-state index contributed by atoms with van der Waals surface area (Å²) >= 11 is 0. The molecule has 0 nitrogen and oxygen atoms in total. The maximum absolute atomic E-state index is 2.51. The third-order valence-corrected chi connectivity index (χ3v) is 5.42. The zero-order valence-electron chi connectivity index (χ0n) is 9.41. The molecule has 4 bridgehead atoms. The van der Waals surface area contributed by atoms with Gasteiger partial charge in [-0.3, -0.25) is 0 Å². The van der Waals surface area contributed by atoms with Gasteiger partial charge in [0, 0.05) is 0 Å². The number of rotatable bonds is 1.